The van der Waals surface area contributed by atoms with E-state index in [0.717, 1.165) is 12.8 Å². The molecular weight excluding hydrogens is 314 g/mol. The molecular formula is C11H15Cl2FN2O2S. The van der Waals surface area contributed by atoms with E-state index in [9.17, 15) is 12.8 Å². The summed E-state index contributed by atoms with van der Waals surface area (Å²) in [6.45, 7) is 0.110. The summed E-state index contributed by atoms with van der Waals surface area (Å²) in [6.07, 6.45) is 2.04. The number of nitrogens with one attached hydrogen (secondary N) is 1. The second kappa shape index (κ2) is 6.37. The zero-order chi connectivity index (χ0) is 13.3. The fourth-order valence-electron chi connectivity index (χ4n) is 1.67. The predicted molar refractivity (Wildman–Crippen MR) is 74.5 cm³/mol. The number of benzene rings is 1. The second-order valence-corrected chi connectivity index (χ2v) is 6.55. The average Bonchev–Trinajstić information content (AvgIpc) is 3.13. The minimum Gasteiger partial charge on any atom is -0.326 e. The molecule has 0 heterocycles. The summed E-state index contributed by atoms with van der Waals surface area (Å²) in [7, 11) is -3.90. The molecule has 4 nitrogen and oxygen atoms in total. The normalized spacial score (nSPS) is 16.8. The van der Waals surface area contributed by atoms with E-state index < -0.39 is 20.7 Å². The van der Waals surface area contributed by atoms with Gasteiger partial charge >= 0.3 is 0 Å². The predicted octanol–water partition coefficient (Wildman–Crippen LogP) is 1.92. The molecule has 3 N–H and O–H groups in total. The van der Waals surface area contributed by atoms with Gasteiger partial charge in [-0.05, 0) is 30.9 Å². The maximum atomic E-state index is 13.6. The highest BCUT2D eigenvalue weighted by Gasteiger charge is 2.30. The third-order valence-electron chi connectivity index (χ3n) is 2.94. The molecule has 1 unspecified atom stereocenters. The first kappa shape index (κ1) is 16.7. The highest BCUT2D eigenvalue weighted by atomic mass is 35.5. The van der Waals surface area contributed by atoms with Gasteiger partial charge in [-0.15, -0.1) is 12.4 Å². The summed E-state index contributed by atoms with van der Waals surface area (Å²) in [5.74, 6) is -0.566. The van der Waals surface area contributed by atoms with Crippen LogP contribution in [-0.4, -0.2) is 21.0 Å². The summed E-state index contributed by atoms with van der Waals surface area (Å²) in [4.78, 5) is -0.446. The quantitative estimate of drug-likeness (QED) is 0.867. The van der Waals surface area contributed by atoms with E-state index in [1.807, 2.05) is 0 Å². The van der Waals surface area contributed by atoms with Gasteiger partial charge in [-0.25, -0.2) is 17.5 Å². The lowest BCUT2D eigenvalue weighted by Crippen LogP contribution is -2.38. The Balaban J connectivity index is 0.00000180. The van der Waals surface area contributed by atoms with Crippen LogP contribution in [0, 0.1) is 11.7 Å². The van der Waals surface area contributed by atoms with Gasteiger partial charge in [0.05, 0.1) is 5.02 Å². The van der Waals surface area contributed by atoms with Crippen LogP contribution >= 0.6 is 24.0 Å². The Labute approximate surface area is 123 Å². The van der Waals surface area contributed by atoms with Gasteiger partial charge in [-0.3, -0.25) is 0 Å². The van der Waals surface area contributed by atoms with Crippen molar-refractivity contribution in [1.29, 1.82) is 0 Å². The maximum Gasteiger partial charge on any atom is 0.243 e. The third-order valence-corrected chi connectivity index (χ3v) is 4.68. The fraction of sp³-hybridized carbons (Fsp3) is 0.455. The van der Waals surface area contributed by atoms with E-state index >= 15 is 0 Å². The molecule has 1 saturated carbocycles. The molecule has 0 amide bonds. The van der Waals surface area contributed by atoms with Crippen molar-refractivity contribution in [3.05, 3.63) is 29.0 Å². The van der Waals surface area contributed by atoms with Gasteiger partial charge in [-0.2, -0.15) is 0 Å². The van der Waals surface area contributed by atoms with Crippen molar-refractivity contribution in [1.82, 2.24) is 4.72 Å². The molecule has 19 heavy (non-hydrogen) atoms. The maximum absolute atomic E-state index is 13.6. The van der Waals surface area contributed by atoms with Crippen molar-refractivity contribution in [3.63, 3.8) is 0 Å². The number of hydrogen-bond donors (Lipinski definition) is 2. The Morgan fingerprint density at radius 3 is 2.68 bits per heavy atom. The number of halogens is 3. The van der Waals surface area contributed by atoms with E-state index in [-0.39, 0.29) is 30.0 Å². The third kappa shape index (κ3) is 4.03. The van der Waals surface area contributed by atoms with Crippen LogP contribution in [0.3, 0.4) is 0 Å². The highest BCUT2D eigenvalue weighted by Crippen LogP contribution is 2.31. The van der Waals surface area contributed by atoms with Gasteiger partial charge in [-0.1, -0.05) is 17.7 Å². The van der Waals surface area contributed by atoms with Crippen LogP contribution in [-0.2, 0) is 10.0 Å². The molecule has 1 aromatic rings. The average molecular weight is 329 g/mol. The Morgan fingerprint density at radius 1 is 1.47 bits per heavy atom. The second-order valence-electron chi connectivity index (χ2n) is 4.41. The molecule has 0 saturated heterocycles. The Bertz CT molecular complexity index is 550. The zero-order valence-electron chi connectivity index (χ0n) is 9.97. The molecule has 1 aliphatic rings. The molecule has 0 aliphatic heterocycles. The zero-order valence-corrected chi connectivity index (χ0v) is 12.4. The SMILES string of the molecule is Cl.NC(CNS(=O)(=O)c1cccc(Cl)c1F)C1CC1. The van der Waals surface area contributed by atoms with E-state index in [1.54, 1.807) is 0 Å². The molecule has 0 radical (unpaired) electrons. The van der Waals surface area contributed by atoms with Gasteiger partial charge in [0, 0.05) is 12.6 Å². The van der Waals surface area contributed by atoms with Gasteiger partial charge in [0.1, 0.15) is 4.90 Å². The molecule has 0 spiro atoms. The molecule has 0 bridgehead atoms. The number of sulfonamides is 1. The number of rotatable bonds is 5. The van der Waals surface area contributed by atoms with Crippen molar-refractivity contribution < 1.29 is 12.8 Å². The van der Waals surface area contributed by atoms with E-state index in [4.69, 9.17) is 17.3 Å². The summed E-state index contributed by atoms with van der Waals surface area (Å²) >= 11 is 5.55. The van der Waals surface area contributed by atoms with Crippen molar-refractivity contribution in [2.75, 3.05) is 6.54 Å². The first-order chi connectivity index (χ1) is 8.42. The number of nitrogens with two attached hydrogens (primary N) is 1. The van der Waals surface area contributed by atoms with Crippen LogP contribution in [0.4, 0.5) is 4.39 Å². The van der Waals surface area contributed by atoms with Crippen LogP contribution in [0.25, 0.3) is 0 Å². The van der Waals surface area contributed by atoms with Crippen LogP contribution in [0.15, 0.2) is 23.1 Å². The Hall–Kier alpha value is -0.400. The van der Waals surface area contributed by atoms with Gasteiger partial charge < -0.3 is 5.73 Å². The minimum atomic E-state index is -3.90. The van der Waals surface area contributed by atoms with Crippen LogP contribution in [0.1, 0.15) is 12.8 Å². The fourth-order valence-corrected chi connectivity index (χ4v) is 3.07. The summed E-state index contributed by atoms with van der Waals surface area (Å²) in [5, 5.41) is -0.218. The molecule has 2 rings (SSSR count). The van der Waals surface area contributed by atoms with Crippen molar-refractivity contribution >= 4 is 34.0 Å². The van der Waals surface area contributed by atoms with Crippen molar-refractivity contribution in [2.24, 2.45) is 11.7 Å². The smallest absolute Gasteiger partial charge is 0.243 e. The first-order valence-corrected chi connectivity index (χ1v) is 7.47. The monoisotopic (exact) mass is 328 g/mol. The van der Waals surface area contributed by atoms with Gasteiger partial charge in [0.15, 0.2) is 5.82 Å². The summed E-state index contributed by atoms with van der Waals surface area (Å²) < 4.78 is 39.7. The molecule has 8 heteroatoms. The van der Waals surface area contributed by atoms with Gasteiger partial charge in [0.2, 0.25) is 10.0 Å². The standard InChI is InChI=1S/C11H14ClFN2O2S.ClH/c12-8-2-1-3-10(11(8)13)18(16,17)15-6-9(14)7-4-5-7;/h1-3,7,9,15H,4-6,14H2;1H. The lowest BCUT2D eigenvalue weighted by Gasteiger charge is -2.12. The topological polar surface area (TPSA) is 72.2 Å². The van der Waals surface area contributed by atoms with Gasteiger partial charge in [0.25, 0.3) is 0 Å². The Kier molecular flexibility index (Phi) is 5.58. The number of hydrogen-bond acceptors (Lipinski definition) is 3. The van der Waals surface area contributed by atoms with Crippen LogP contribution in [0.5, 0.6) is 0 Å². The highest BCUT2D eigenvalue weighted by molar-refractivity contribution is 7.89. The molecule has 108 valence electrons. The minimum absolute atomic E-state index is 0. The molecule has 1 fully saturated rings. The van der Waals surface area contributed by atoms with Crippen molar-refractivity contribution in [2.45, 2.75) is 23.8 Å². The molecule has 1 atom stereocenters. The van der Waals surface area contributed by atoms with Crippen molar-refractivity contribution in [3.8, 4) is 0 Å². The Morgan fingerprint density at radius 2 is 2.11 bits per heavy atom. The first-order valence-electron chi connectivity index (χ1n) is 5.61. The lowest BCUT2D eigenvalue weighted by atomic mass is 10.2. The summed E-state index contributed by atoms with van der Waals surface area (Å²) in [6, 6.07) is 3.64. The summed E-state index contributed by atoms with van der Waals surface area (Å²) in [5.41, 5.74) is 5.79. The molecule has 1 aliphatic carbocycles. The largest absolute Gasteiger partial charge is 0.326 e. The van der Waals surface area contributed by atoms with E-state index in [2.05, 4.69) is 4.72 Å². The van der Waals surface area contributed by atoms with E-state index in [1.165, 1.54) is 18.2 Å². The lowest BCUT2D eigenvalue weighted by molar-refractivity contribution is 0.536. The van der Waals surface area contributed by atoms with Crippen LogP contribution < -0.4 is 10.5 Å². The molecule has 0 aromatic heterocycles. The van der Waals surface area contributed by atoms with Crippen LogP contribution in [0.2, 0.25) is 5.02 Å². The van der Waals surface area contributed by atoms with E-state index in [0.29, 0.717) is 5.92 Å². The molecule has 1 aromatic carbocycles.